The number of aliphatic imine (C=N–C) groups is 1. The molecule has 1 aliphatic rings. The molecule has 1 aliphatic heterocycles. The van der Waals surface area contributed by atoms with Crippen molar-refractivity contribution < 1.29 is 0 Å². The van der Waals surface area contributed by atoms with Gasteiger partial charge >= 0.3 is 0 Å². The Kier molecular flexibility index (Phi) is 10.9. The molecule has 0 aliphatic carbocycles. The van der Waals surface area contributed by atoms with E-state index in [9.17, 15) is 0 Å². The smallest absolute Gasteiger partial charge is 0.190 e. The van der Waals surface area contributed by atoms with Crippen LogP contribution in [-0.2, 0) is 0 Å². The zero-order valence-corrected chi connectivity index (χ0v) is 18.4. The minimum atomic E-state index is 0. The molecule has 1 aromatic rings. The minimum Gasteiger partial charge on any atom is -0.356 e. The van der Waals surface area contributed by atoms with Crippen LogP contribution < -0.4 is 10.6 Å². The SMILES string of the molecule is CCN1CCC(CCNC(=NC)NCC(C)c2ccsc2)CC1.I. The lowest BCUT2D eigenvalue weighted by atomic mass is 9.93. The molecule has 0 radical (unpaired) electrons. The summed E-state index contributed by atoms with van der Waals surface area (Å²) in [5.41, 5.74) is 1.40. The Morgan fingerprint density at radius 2 is 2.12 bits per heavy atom. The maximum atomic E-state index is 4.34. The van der Waals surface area contributed by atoms with Gasteiger partial charge in [0.05, 0.1) is 0 Å². The molecule has 0 spiro atoms. The van der Waals surface area contributed by atoms with Crippen LogP contribution in [0.4, 0.5) is 0 Å². The fourth-order valence-corrected chi connectivity index (χ4v) is 3.91. The molecule has 4 nitrogen and oxygen atoms in total. The van der Waals surface area contributed by atoms with Gasteiger partial charge in [-0.15, -0.1) is 24.0 Å². The molecule has 6 heteroatoms. The largest absolute Gasteiger partial charge is 0.356 e. The van der Waals surface area contributed by atoms with Crippen LogP contribution in [0.1, 0.15) is 44.6 Å². The maximum absolute atomic E-state index is 4.34. The van der Waals surface area contributed by atoms with Crippen LogP contribution >= 0.6 is 35.3 Å². The van der Waals surface area contributed by atoms with Gasteiger partial charge in [-0.1, -0.05) is 13.8 Å². The van der Waals surface area contributed by atoms with Gasteiger partial charge in [0, 0.05) is 20.1 Å². The Hall–Kier alpha value is -0.340. The Morgan fingerprint density at radius 3 is 2.71 bits per heavy atom. The van der Waals surface area contributed by atoms with Gasteiger partial charge in [-0.3, -0.25) is 4.99 Å². The highest BCUT2D eigenvalue weighted by Gasteiger charge is 2.17. The van der Waals surface area contributed by atoms with E-state index in [-0.39, 0.29) is 24.0 Å². The first-order chi connectivity index (χ1) is 11.2. The predicted octanol–water partition coefficient (Wildman–Crippen LogP) is 3.76. The zero-order chi connectivity index (χ0) is 16.5. The molecule has 138 valence electrons. The Morgan fingerprint density at radius 1 is 1.38 bits per heavy atom. The summed E-state index contributed by atoms with van der Waals surface area (Å²) in [4.78, 5) is 6.89. The van der Waals surface area contributed by atoms with Gasteiger partial charge in [0.2, 0.25) is 0 Å². The third-order valence-electron chi connectivity index (χ3n) is 4.91. The number of likely N-dealkylation sites (tertiary alicyclic amines) is 1. The molecular formula is C18H33IN4S. The van der Waals surface area contributed by atoms with Crippen LogP contribution in [0.15, 0.2) is 21.8 Å². The van der Waals surface area contributed by atoms with Gasteiger partial charge < -0.3 is 15.5 Å². The number of nitrogens with zero attached hydrogens (tertiary/aromatic N) is 2. The quantitative estimate of drug-likeness (QED) is 0.367. The number of hydrogen-bond donors (Lipinski definition) is 2. The second kappa shape index (κ2) is 12.1. The van der Waals surface area contributed by atoms with E-state index in [4.69, 9.17) is 0 Å². The van der Waals surface area contributed by atoms with E-state index in [1.807, 2.05) is 7.05 Å². The summed E-state index contributed by atoms with van der Waals surface area (Å²) in [6.45, 7) is 10.2. The van der Waals surface area contributed by atoms with Gasteiger partial charge in [-0.2, -0.15) is 11.3 Å². The van der Waals surface area contributed by atoms with Crippen LogP contribution in [0.25, 0.3) is 0 Å². The van der Waals surface area contributed by atoms with Gasteiger partial charge in [-0.25, -0.2) is 0 Å². The number of guanidine groups is 1. The van der Waals surface area contributed by atoms with E-state index >= 15 is 0 Å². The Balaban J connectivity index is 0.00000288. The normalized spacial score (nSPS) is 18.0. The van der Waals surface area contributed by atoms with Crippen molar-refractivity contribution in [3.05, 3.63) is 22.4 Å². The fourth-order valence-electron chi connectivity index (χ4n) is 3.13. The van der Waals surface area contributed by atoms with Crippen molar-refractivity contribution in [2.45, 2.75) is 39.0 Å². The van der Waals surface area contributed by atoms with Crippen molar-refractivity contribution in [1.82, 2.24) is 15.5 Å². The van der Waals surface area contributed by atoms with Gasteiger partial charge in [0.25, 0.3) is 0 Å². The molecule has 2 N–H and O–H groups in total. The highest BCUT2D eigenvalue weighted by atomic mass is 127. The molecule has 2 rings (SSSR count). The molecule has 1 aromatic heterocycles. The molecule has 0 aromatic carbocycles. The minimum absolute atomic E-state index is 0. The van der Waals surface area contributed by atoms with E-state index in [2.05, 4.69) is 51.2 Å². The maximum Gasteiger partial charge on any atom is 0.190 e. The van der Waals surface area contributed by atoms with Crippen LogP contribution in [-0.4, -0.2) is 50.6 Å². The summed E-state index contributed by atoms with van der Waals surface area (Å²) >= 11 is 1.76. The van der Waals surface area contributed by atoms with Crippen molar-refractivity contribution in [3.63, 3.8) is 0 Å². The summed E-state index contributed by atoms with van der Waals surface area (Å²) in [6.07, 6.45) is 3.94. The molecule has 2 heterocycles. The zero-order valence-electron chi connectivity index (χ0n) is 15.3. The average Bonchev–Trinajstić information content (AvgIpc) is 3.13. The third-order valence-corrected chi connectivity index (χ3v) is 5.61. The van der Waals surface area contributed by atoms with E-state index in [1.54, 1.807) is 11.3 Å². The summed E-state index contributed by atoms with van der Waals surface area (Å²) in [6, 6.07) is 2.20. The van der Waals surface area contributed by atoms with Crippen LogP contribution in [0.2, 0.25) is 0 Å². The first-order valence-corrected chi connectivity index (χ1v) is 9.86. The lowest BCUT2D eigenvalue weighted by Gasteiger charge is -2.31. The van der Waals surface area contributed by atoms with Gasteiger partial charge in [0.1, 0.15) is 0 Å². The summed E-state index contributed by atoms with van der Waals surface area (Å²) < 4.78 is 0. The molecule has 1 fully saturated rings. The molecule has 1 unspecified atom stereocenters. The second-order valence-electron chi connectivity index (χ2n) is 6.50. The summed E-state index contributed by atoms with van der Waals surface area (Å²) in [7, 11) is 1.85. The molecule has 1 atom stereocenters. The molecule has 1 saturated heterocycles. The molecule has 0 bridgehead atoms. The lowest BCUT2D eigenvalue weighted by molar-refractivity contribution is 0.187. The van der Waals surface area contributed by atoms with E-state index in [0.29, 0.717) is 5.92 Å². The number of piperidine rings is 1. The number of thiophene rings is 1. The lowest BCUT2D eigenvalue weighted by Crippen LogP contribution is -2.40. The highest BCUT2D eigenvalue weighted by molar-refractivity contribution is 14.0. The molecular weight excluding hydrogens is 431 g/mol. The second-order valence-corrected chi connectivity index (χ2v) is 7.28. The van der Waals surface area contributed by atoms with Gasteiger partial charge in [-0.05, 0) is 73.1 Å². The molecule has 0 saturated carbocycles. The third kappa shape index (κ3) is 7.27. The Bertz CT molecular complexity index is 456. The molecule has 24 heavy (non-hydrogen) atoms. The topological polar surface area (TPSA) is 39.7 Å². The van der Waals surface area contributed by atoms with E-state index in [1.165, 1.54) is 44.5 Å². The van der Waals surface area contributed by atoms with E-state index in [0.717, 1.165) is 25.0 Å². The number of nitrogens with one attached hydrogen (secondary N) is 2. The first-order valence-electron chi connectivity index (χ1n) is 8.91. The van der Waals surface area contributed by atoms with E-state index < -0.39 is 0 Å². The van der Waals surface area contributed by atoms with Crippen molar-refractivity contribution in [2.24, 2.45) is 10.9 Å². The average molecular weight is 464 g/mol. The standard InChI is InChI=1S/C18H32N4S.HI/c1-4-22-10-6-16(7-11-22)5-9-20-18(19-3)21-13-15(2)17-8-12-23-14-17;/h8,12,14-16H,4-7,9-11,13H2,1-3H3,(H2,19,20,21);1H. The van der Waals surface area contributed by atoms with Crippen molar-refractivity contribution in [3.8, 4) is 0 Å². The number of halogens is 1. The Labute approximate surface area is 168 Å². The van der Waals surface area contributed by atoms with Crippen LogP contribution in [0, 0.1) is 5.92 Å². The van der Waals surface area contributed by atoms with Gasteiger partial charge in [0.15, 0.2) is 5.96 Å². The number of rotatable bonds is 7. The van der Waals surface area contributed by atoms with Crippen LogP contribution in [0.5, 0.6) is 0 Å². The fraction of sp³-hybridized carbons (Fsp3) is 0.722. The van der Waals surface area contributed by atoms with Crippen LogP contribution in [0.3, 0.4) is 0 Å². The summed E-state index contributed by atoms with van der Waals surface area (Å²) in [5, 5.41) is 11.3. The number of hydrogen-bond acceptors (Lipinski definition) is 3. The van der Waals surface area contributed by atoms with Crippen molar-refractivity contribution >= 4 is 41.3 Å². The van der Waals surface area contributed by atoms with Crippen molar-refractivity contribution in [2.75, 3.05) is 39.8 Å². The van der Waals surface area contributed by atoms with Crippen molar-refractivity contribution in [1.29, 1.82) is 0 Å². The summed E-state index contributed by atoms with van der Waals surface area (Å²) in [5.74, 6) is 2.31. The predicted molar refractivity (Wildman–Crippen MR) is 117 cm³/mol. The monoisotopic (exact) mass is 464 g/mol. The molecule has 0 amide bonds. The highest BCUT2D eigenvalue weighted by Crippen LogP contribution is 2.19. The first kappa shape index (κ1) is 21.7.